The van der Waals surface area contributed by atoms with Gasteiger partial charge in [0, 0.05) is 12.1 Å². The van der Waals surface area contributed by atoms with Crippen molar-refractivity contribution in [1.82, 2.24) is 0 Å². The molecular weight excluding hydrogens is 184 g/mol. The van der Waals surface area contributed by atoms with Crippen LogP contribution in [0.4, 0.5) is 5.69 Å². The van der Waals surface area contributed by atoms with Crippen molar-refractivity contribution in [2.45, 2.75) is 19.1 Å². The average Bonchev–Trinajstić information content (AvgIpc) is 2.16. The number of non-ortho nitro benzene ring substituents is 1. The zero-order chi connectivity index (χ0) is 10.7. The maximum atomic E-state index is 10.4. The Labute approximate surface area is 81.3 Å². The van der Waals surface area contributed by atoms with Crippen LogP contribution in [0.25, 0.3) is 0 Å². The Hall–Kier alpha value is -1.46. The van der Waals surface area contributed by atoms with E-state index >= 15 is 0 Å². The Morgan fingerprint density at radius 2 is 2.21 bits per heavy atom. The van der Waals surface area contributed by atoms with Gasteiger partial charge in [-0.3, -0.25) is 10.1 Å². The Balaban J connectivity index is 2.99. The van der Waals surface area contributed by atoms with Crippen LogP contribution in [-0.4, -0.2) is 16.1 Å². The largest absolute Gasteiger partial charge is 0.391 e. The van der Waals surface area contributed by atoms with Gasteiger partial charge in [-0.1, -0.05) is 12.1 Å². The van der Waals surface area contributed by atoms with Crippen LogP contribution in [0.15, 0.2) is 24.3 Å². The van der Waals surface area contributed by atoms with Gasteiger partial charge in [-0.05, 0) is 12.5 Å². The molecule has 76 valence electrons. The molecule has 3 N–H and O–H groups in total. The summed E-state index contributed by atoms with van der Waals surface area (Å²) in [5, 5.41) is 19.7. The van der Waals surface area contributed by atoms with Gasteiger partial charge in [0.15, 0.2) is 0 Å². The SMILES string of the molecule is CC(O)[C@@H](N)c1cccc([N+](=O)[O-])c1. The molecule has 0 aliphatic heterocycles. The molecule has 0 aromatic heterocycles. The van der Waals surface area contributed by atoms with E-state index in [2.05, 4.69) is 0 Å². The maximum Gasteiger partial charge on any atom is 0.269 e. The van der Waals surface area contributed by atoms with E-state index in [0.29, 0.717) is 5.56 Å². The Kier molecular flexibility index (Phi) is 3.16. The van der Waals surface area contributed by atoms with Crippen LogP contribution in [0.3, 0.4) is 0 Å². The summed E-state index contributed by atoms with van der Waals surface area (Å²) in [7, 11) is 0. The number of rotatable bonds is 3. The first kappa shape index (κ1) is 10.6. The van der Waals surface area contributed by atoms with Gasteiger partial charge in [-0.15, -0.1) is 0 Å². The number of aliphatic hydroxyl groups excluding tert-OH is 1. The zero-order valence-corrected chi connectivity index (χ0v) is 7.75. The summed E-state index contributed by atoms with van der Waals surface area (Å²) in [6, 6.07) is 5.38. The highest BCUT2D eigenvalue weighted by Gasteiger charge is 2.14. The Morgan fingerprint density at radius 1 is 1.57 bits per heavy atom. The molecule has 0 heterocycles. The van der Waals surface area contributed by atoms with E-state index in [9.17, 15) is 15.2 Å². The molecule has 0 fully saturated rings. The van der Waals surface area contributed by atoms with Gasteiger partial charge in [0.2, 0.25) is 0 Å². The summed E-state index contributed by atoms with van der Waals surface area (Å²) in [5.74, 6) is 0. The number of aliphatic hydroxyl groups is 1. The van der Waals surface area contributed by atoms with E-state index in [1.54, 1.807) is 19.1 Å². The molecule has 0 bridgehead atoms. The van der Waals surface area contributed by atoms with Gasteiger partial charge in [0.05, 0.1) is 17.1 Å². The van der Waals surface area contributed by atoms with Gasteiger partial charge >= 0.3 is 0 Å². The Bertz CT molecular complexity index is 339. The molecule has 0 aliphatic carbocycles. The first-order chi connectivity index (χ1) is 6.52. The summed E-state index contributed by atoms with van der Waals surface area (Å²) in [4.78, 5) is 9.96. The van der Waals surface area contributed by atoms with Crippen LogP contribution in [0, 0.1) is 10.1 Å². The van der Waals surface area contributed by atoms with Crippen LogP contribution in [0.5, 0.6) is 0 Å². The van der Waals surface area contributed by atoms with E-state index in [-0.39, 0.29) is 5.69 Å². The molecule has 0 saturated heterocycles. The number of nitrogens with zero attached hydrogens (tertiary/aromatic N) is 1. The van der Waals surface area contributed by atoms with Crippen molar-refractivity contribution < 1.29 is 10.0 Å². The number of hydrogen-bond donors (Lipinski definition) is 2. The van der Waals surface area contributed by atoms with Gasteiger partial charge in [0.1, 0.15) is 0 Å². The summed E-state index contributed by atoms with van der Waals surface area (Å²) < 4.78 is 0. The zero-order valence-electron chi connectivity index (χ0n) is 7.75. The first-order valence-electron chi connectivity index (χ1n) is 4.20. The van der Waals surface area contributed by atoms with Crippen molar-refractivity contribution in [2.75, 3.05) is 0 Å². The quantitative estimate of drug-likeness (QED) is 0.557. The van der Waals surface area contributed by atoms with Crippen molar-refractivity contribution in [2.24, 2.45) is 5.73 Å². The standard InChI is InChI=1S/C9H12N2O3/c1-6(12)9(10)7-3-2-4-8(5-7)11(13)14/h2-6,9,12H,10H2,1H3/t6?,9-/m1/s1. The van der Waals surface area contributed by atoms with E-state index < -0.39 is 17.1 Å². The van der Waals surface area contributed by atoms with Crippen molar-refractivity contribution >= 4 is 5.69 Å². The summed E-state index contributed by atoms with van der Waals surface area (Å²) in [6.07, 6.45) is -0.725. The molecule has 5 heteroatoms. The van der Waals surface area contributed by atoms with Gasteiger partial charge in [-0.2, -0.15) is 0 Å². The summed E-state index contributed by atoms with van der Waals surface area (Å²) in [5.41, 5.74) is 6.18. The normalized spacial score (nSPS) is 14.8. The van der Waals surface area contributed by atoms with E-state index in [4.69, 9.17) is 5.73 Å². The van der Waals surface area contributed by atoms with Crippen LogP contribution in [0.2, 0.25) is 0 Å². The molecular formula is C9H12N2O3. The van der Waals surface area contributed by atoms with Crippen molar-refractivity contribution in [3.05, 3.63) is 39.9 Å². The van der Waals surface area contributed by atoms with Gasteiger partial charge in [-0.25, -0.2) is 0 Å². The fourth-order valence-electron chi connectivity index (χ4n) is 1.12. The molecule has 2 atom stereocenters. The minimum atomic E-state index is -0.725. The molecule has 1 aromatic rings. The topological polar surface area (TPSA) is 89.4 Å². The number of nitro benzene ring substituents is 1. The maximum absolute atomic E-state index is 10.4. The van der Waals surface area contributed by atoms with E-state index in [0.717, 1.165) is 0 Å². The molecule has 5 nitrogen and oxygen atoms in total. The smallest absolute Gasteiger partial charge is 0.269 e. The third-order valence-corrected chi connectivity index (χ3v) is 1.99. The first-order valence-corrected chi connectivity index (χ1v) is 4.20. The van der Waals surface area contributed by atoms with Crippen molar-refractivity contribution in [3.63, 3.8) is 0 Å². The lowest BCUT2D eigenvalue weighted by atomic mass is 10.0. The fourth-order valence-corrected chi connectivity index (χ4v) is 1.12. The van der Waals surface area contributed by atoms with Crippen molar-refractivity contribution in [3.8, 4) is 0 Å². The van der Waals surface area contributed by atoms with Gasteiger partial charge < -0.3 is 10.8 Å². The number of hydrogen-bond acceptors (Lipinski definition) is 4. The second-order valence-corrected chi connectivity index (χ2v) is 3.12. The van der Waals surface area contributed by atoms with Crippen LogP contribution in [-0.2, 0) is 0 Å². The third-order valence-electron chi connectivity index (χ3n) is 1.99. The molecule has 14 heavy (non-hydrogen) atoms. The van der Waals surface area contributed by atoms with Crippen LogP contribution in [0.1, 0.15) is 18.5 Å². The molecule has 1 unspecified atom stereocenters. The molecule has 1 aromatic carbocycles. The average molecular weight is 196 g/mol. The number of benzene rings is 1. The van der Waals surface area contributed by atoms with Crippen molar-refractivity contribution in [1.29, 1.82) is 0 Å². The minimum absolute atomic E-state index is 0.0152. The second kappa shape index (κ2) is 4.17. The highest BCUT2D eigenvalue weighted by atomic mass is 16.6. The molecule has 0 saturated carbocycles. The third kappa shape index (κ3) is 2.27. The molecule has 0 spiro atoms. The molecule has 0 aliphatic rings. The molecule has 0 radical (unpaired) electrons. The second-order valence-electron chi connectivity index (χ2n) is 3.12. The molecule has 1 rings (SSSR count). The van der Waals surface area contributed by atoms with Gasteiger partial charge in [0.25, 0.3) is 5.69 Å². The lowest BCUT2D eigenvalue weighted by Crippen LogP contribution is -2.23. The monoisotopic (exact) mass is 196 g/mol. The number of nitro groups is 1. The lowest BCUT2D eigenvalue weighted by Gasteiger charge is -2.14. The predicted octanol–water partition coefficient (Wildman–Crippen LogP) is 0.975. The van der Waals surface area contributed by atoms with Crippen LogP contribution < -0.4 is 5.73 Å². The summed E-state index contributed by atoms with van der Waals surface area (Å²) >= 11 is 0. The van der Waals surface area contributed by atoms with Crippen LogP contribution >= 0.6 is 0 Å². The molecule has 0 amide bonds. The van der Waals surface area contributed by atoms with E-state index in [1.165, 1.54) is 12.1 Å². The Morgan fingerprint density at radius 3 is 2.71 bits per heavy atom. The predicted molar refractivity (Wildman–Crippen MR) is 51.7 cm³/mol. The highest BCUT2D eigenvalue weighted by molar-refractivity contribution is 5.35. The summed E-state index contributed by atoms with van der Waals surface area (Å²) in [6.45, 7) is 1.55. The highest BCUT2D eigenvalue weighted by Crippen LogP contribution is 2.19. The minimum Gasteiger partial charge on any atom is -0.391 e. The number of nitrogens with two attached hydrogens (primary N) is 1. The van der Waals surface area contributed by atoms with E-state index in [1.807, 2.05) is 0 Å². The lowest BCUT2D eigenvalue weighted by molar-refractivity contribution is -0.384. The fraction of sp³-hybridized carbons (Fsp3) is 0.333.